The fourth-order valence-corrected chi connectivity index (χ4v) is 5.14. The number of carbonyl (C=O) groups excluding carboxylic acids is 1. The summed E-state index contributed by atoms with van der Waals surface area (Å²) in [6.07, 6.45) is 11.1. The minimum atomic E-state index is -0.106. The third-order valence-electron chi connectivity index (χ3n) is 6.94. The van der Waals surface area contributed by atoms with Crippen LogP contribution in [0.4, 0.5) is 0 Å². The number of nitrogens with zero attached hydrogens (tertiary/aromatic N) is 4. The highest BCUT2D eigenvalue weighted by atomic mass is 16.2. The van der Waals surface area contributed by atoms with Gasteiger partial charge in [-0.3, -0.25) is 4.79 Å². The van der Waals surface area contributed by atoms with Crippen LogP contribution in [0.3, 0.4) is 0 Å². The molecular weight excluding hydrogens is 360 g/mol. The van der Waals surface area contributed by atoms with Gasteiger partial charge in [-0.25, -0.2) is 9.50 Å². The van der Waals surface area contributed by atoms with E-state index in [4.69, 9.17) is 10.1 Å². The summed E-state index contributed by atoms with van der Waals surface area (Å²) in [6, 6.07) is 4.13. The lowest BCUT2D eigenvalue weighted by Crippen LogP contribution is -2.50. The maximum Gasteiger partial charge on any atom is 0.274 e. The van der Waals surface area contributed by atoms with Crippen molar-refractivity contribution in [3.8, 4) is 0 Å². The number of fused-ring (bicyclic) bond motifs is 1. The van der Waals surface area contributed by atoms with Gasteiger partial charge in [-0.15, -0.1) is 0 Å². The van der Waals surface area contributed by atoms with E-state index in [9.17, 15) is 4.79 Å². The summed E-state index contributed by atoms with van der Waals surface area (Å²) < 4.78 is 1.90. The Balaban J connectivity index is 1.66. The summed E-state index contributed by atoms with van der Waals surface area (Å²) in [5.41, 5.74) is 3.55. The third kappa shape index (κ3) is 4.19. The molecule has 0 atom stereocenters. The van der Waals surface area contributed by atoms with Crippen molar-refractivity contribution >= 4 is 11.6 Å². The molecule has 1 amide bonds. The first-order valence-electron chi connectivity index (χ1n) is 11.6. The monoisotopic (exact) mass is 396 g/mol. The van der Waals surface area contributed by atoms with E-state index < -0.39 is 0 Å². The van der Waals surface area contributed by atoms with E-state index in [1.165, 1.54) is 38.5 Å². The van der Waals surface area contributed by atoms with Crippen LogP contribution in [0.15, 0.2) is 12.1 Å². The topological polar surface area (TPSA) is 50.5 Å². The minimum absolute atomic E-state index is 0.0451. The largest absolute Gasteiger partial charge is 0.332 e. The Morgan fingerprint density at radius 3 is 2.59 bits per heavy atom. The maximum atomic E-state index is 13.3. The fourth-order valence-electron chi connectivity index (χ4n) is 5.14. The molecule has 29 heavy (non-hydrogen) atoms. The van der Waals surface area contributed by atoms with Crippen LogP contribution in [-0.4, -0.2) is 37.5 Å². The molecule has 3 heterocycles. The van der Waals surface area contributed by atoms with E-state index in [1.54, 1.807) is 0 Å². The highest BCUT2D eigenvalue weighted by Crippen LogP contribution is 2.30. The zero-order chi connectivity index (χ0) is 20.6. The Morgan fingerprint density at radius 1 is 1.14 bits per heavy atom. The molecule has 0 N–H and O–H groups in total. The number of rotatable bonds is 4. The lowest BCUT2D eigenvalue weighted by Gasteiger charge is -2.42. The van der Waals surface area contributed by atoms with Gasteiger partial charge in [0.25, 0.3) is 5.91 Å². The van der Waals surface area contributed by atoms with E-state index in [-0.39, 0.29) is 11.4 Å². The van der Waals surface area contributed by atoms with Gasteiger partial charge in [0.1, 0.15) is 0 Å². The molecule has 0 radical (unpaired) electrons. The summed E-state index contributed by atoms with van der Waals surface area (Å²) >= 11 is 0. The molecule has 0 spiro atoms. The molecule has 1 aliphatic heterocycles. The number of carbonyl (C=O) groups is 1. The Bertz CT molecular complexity index is 876. The Labute approximate surface area is 174 Å². The lowest BCUT2D eigenvalue weighted by atomic mass is 9.86. The lowest BCUT2D eigenvalue weighted by molar-refractivity contribution is 0.0427. The van der Waals surface area contributed by atoms with Crippen LogP contribution in [0.2, 0.25) is 0 Å². The zero-order valence-corrected chi connectivity index (χ0v) is 18.6. The number of piperidine rings is 1. The fraction of sp³-hybridized carbons (Fsp3) is 0.708. The van der Waals surface area contributed by atoms with Crippen molar-refractivity contribution < 1.29 is 4.79 Å². The van der Waals surface area contributed by atoms with Crippen molar-refractivity contribution in [1.29, 1.82) is 0 Å². The summed E-state index contributed by atoms with van der Waals surface area (Å²) in [5, 5.41) is 4.73. The van der Waals surface area contributed by atoms with Crippen molar-refractivity contribution in [3.63, 3.8) is 0 Å². The molecule has 0 bridgehead atoms. The summed E-state index contributed by atoms with van der Waals surface area (Å²) in [6.45, 7) is 9.53. The van der Waals surface area contributed by atoms with Crippen molar-refractivity contribution in [2.75, 3.05) is 6.54 Å². The van der Waals surface area contributed by atoms with Crippen molar-refractivity contribution in [3.05, 3.63) is 29.2 Å². The van der Waals surface area contributed by atoms with Crippen LogP contribution in [0, 0.1) is 5.92 Å². The van der Waals surface area contributed by atoms with Gasteiger partial charge in [-0.1, -0.05) is 46.0 Å². The van der Waals surface area contributed by atoms with Crippen LogP contribution in [0.25, 0.3) is 5.65 Å². The summed E-state index contributed by atoms with van der Waals surface area (Å²) in [7, 11) is 0. The summed E-state index contributed by atoms with van der Waals surface area (Å²) in [5.74, 6) is 1.13. The molecule has 1 saturated carbocycles. The molecule has 2 aromatic rings. The van der Waals surface area contributed by atoms with Crippen LogP contribution >= 0.6 is 0 Å². The molecule has 2 aromatic heterocycles. The Kier molecular flexibility index (Phi) is 5.67. The molecule has 4 rings (SSSR count). The number of amides is 1. The molecule has 5 nitrogen and oxygen atoms in total. The highest BCUT2D eigenvalue weighted by molar-refractivity contribution is 5.94. The van der Waals surface area contributed by atoms with Crippen molar-refractivity contribution in [2.24, 2.45) is 5.92 Å². The van der Waals surface area contributed by atoms with Gasteiger partial charge in [-0.2, -0.15) is 5.10 Å². The standard InChI is InChI=1S/C24H36N4O/c1-17(2)21-15-19(14-18-10-6-5-7-11-18)25-22-16-20(26-28(21)22)23(29)27-13-9-8-12-24(27,3)4/h15-18H,5-14H2,1-4H3. The van der Waals surface area contributed by atoms with Gasteiger partial charge >= 0.3 is 0 Å². The number of aromatic nitrogens is 3. The molecule has 2 aliphatic rings. The number of likely N-dealkylation sites (tertiary alicyclic amines) is 1. The normalized spacial score (nSPS) is 20.5. The van der Waals surface area contributed by atoms with Crippen molar-refractivity contribution in [2.45, 2.75) is 96.9 Å². The predicted octanol–water partition coefficient (Wildman–Crippen LogP) is 5.38. The van der Waals surface area contributed by atoms with Crippen molar-refractivity contribution in [1.82, 2.24) is 19.5 Å². The van der Waals surface area contributed by atoms with Crippen LogP contribution in [0.5, 0.6) is 0 Å². The van der Waals surface area contributed by atoms with E-state index in [1.807, 2.05) is 15.5 Å². The van der Waals surface area contributed by atoms with Gasteiger partial charge in [0.15, 0.2) is 11.3 Å². The molecule has 1 aliphatic carbocycles. The second-order valence-electron chi connectivity index (χ2n) is 10.1. The first-order chi connectivity index (χ1) is 13.8. The Morgan fingerprint density at radius 2 is 1.90 bits per heavy atom. The summed E-state index contributed by atoms with van der Waals surface area (Å²) in [4.78, 5) is 20.2. The van der Waals surface area contributed by atoms with Gasteiger partial charge in [0.05, 0.1) is 0 Å². The quantitative estimate of drug-likeness (QED) is 0.697. The molecule has 0 unspecified atom stereocenters. The molecule has 1 saturated heterocycles. The number of hydrogen-bond donors (Lipinski definition) is 0. The van der Waals surface area contributed by atoms with E-state index in [2.05, 4.69) is 33.8 Å². The SMILES string of the molecule is CC(C)c1cc(CC2CCCCC2)nc2cc(C(=O)N3CCCCC3(C)C)nn12. The smallest absolute Gasteiger partial charge is 0.274 e. The molecule has 2 fully saturated rings. The average Bonchev–Trinajstić information content (AvgIpc) is 3.11. The minimum Gasteiger partial charge on any atom is -0.332 e. The van der Waals surface area contributed by atoms with Gasteiger partial charge in [0, 0.05) is 29.5 Å². The highest BCUT2D eigenvalue weighted by Gasteiger charge is 2.35. The van der Waals surface area contributed by atoms with Gasteiger partial charge in [0.2, 0.25) is 0 Å². The van der Waals surface area contributed by atoms with E-state index in [0.717, 1.165) is 48.8 Å². The van der Waals surface area contributed by atoms with Gasteiger partial charge < -0.3 is 4.90 Å². The maximum absolute atomic E-state index is 13.3. The van der Waals surface area contributed by atoms with E-state index in [0.29, 0.717) is 11.6 Å². The second-order valence-corrected chi connectivity index (χ2v) is 10.1. The third-order valence-corrected chi connectivity index (χ3v) is 6.94. The predicted molar refractivity (Wildman–Crippen MR) is 116 cm³/mol. The van der Waals surface area contributed by atoms with Gasteiger partial charge in [-0.05, 0) is 57.4 Å². The molecule has 5 heteroatoms. The van der Waals surface area contributed by atoms with Crippen LogP contribution < -0.4 is 0 Å². The molecule has 158 valence electrons. The first kappa shape index (κ1) is 20.4. The first-order valence-corrected chi connectivity index (χ1v) is 11.6. The zero-order valence-electron chi connectivity index (χ0n) is 18.6. The average molecular weight is 397 g/mol. The van der Waals surface area contributed by atoms with Crippen LogP contribution in [0.1, 0.15) is 107 Å². The number of hydrogen-bond acceptors (Lipinski definition) is 3. The Hall–Kier alpha value is -1.91. The second kappa shape index (κ2) is 8.08. The van der Waals surface area contributed by atoms with E-state index >= 15 is 0 Å². The van der Waals surface area contributed by atoms with Crippen LogP contribution in [-0.2, 0) is 6.42 Å². The molecular formula is C24H36N4O. The molecule has 0 aromatic carbocycles.